The summed E-state index contributed by atoms with van der Waals surface area (Å²) in [4.78, 5) is 0. The number of hydrogen-bond acceptors (Lipinski definition) is 1. The van der Waals surface area contributed by atoms with E-state index >= 15 is 0 Å². The van der Waals surface area contributed by atoms with E-state index in [0.717, 1.165) is 6.61 Å². The highest BCUT2D eigenvalue weighted by molar-refractivity contribution is 4.86. The molecule has 0 aromatic heterocycles. The summed E-state index contributed by atoms with van der Waals surface area (Å²) in [7, 11) is 0. The predicted octanol–water partition coefficient (Wildman–Crippen LogP) is 3.30. The molecule has 1 heterocycles. The highest BCUT2D eigenvalue weighted by Crippen LogP contribution is 2.31. The van der Waals surface area contributed by atoms with Gasteiger partial charge in [0, 0.05) is 0 Å². The fourth-order valence-corrected chi connectivity index (χ4v) is 1.37. The summed E-state index contributed by atoms with van der Waals surface area (Å²) in [5, 5.41) is 0. The fourth-order valence-electron chi connectivity index (χ4n) is 1.37. The highest BCUT2D eigenvalue weighted by Gasteiger charge is 2.37. The van der Waals surface area contributed by atoms with Crippen molar-refractivity contribution in [2.24, 2.45) is 0 Å². The summed E-state index contributed by atoms with van der Waals surface area (Å²) in [5.41, 5.74) is 0.278. The van der Waals surface area contributed by atoms with E-state index in [1.165, 1.54) is 32.1 Å². The van der Waals surface area contributed by atoms with E-state index in [0.29, 0.717) is 0 Å². The Morgan fingerprint density at radius 1 is 1.33 bits per heavy atom. The Labute approximate surface area is 75.8 Å². The van der Waals surface area contributed by atoms with Gasteiger partial charge in [0.1, 0.15) is 0 Å². The molecule has 0 radical (unpaired) electrons. The van der Waals surface area contributed by atoms with Crippen molar-refractivity contribution >= 4 is 0 Å². The third-order valence-corrected chi connectivity index (χ3v) is 2.45. The summed E-state index contributed by atoms with van der Waals surface area (Å²) in [6.07, 6.45) is 10.9. The van der Waals surface area contributed by atoms with E-state index in [1.54, 1.807) is 0 Å². The van der Waals surface area contributed by atoms with Crippen molar-refractivity contribution in [3.05, 3.63) is 12.2 Å². The minimum atomic E-state index is 0.278. The molecule has 1 saturated heterocycles. The van der Waals surface area contributed by atoms with E-state index in [-0.39, 0.29) is 5.60 Å². The van der Waals surface area contributed by atoms with Crippen LogP contribution in [0.1, 0.15) is 46.0 Å². The molecule has 1 atom stereocenters. The molecule has 0 aromatic rings. The standard InChI is InChI=1S/C11H20O/c1-3-4-5-6-7-8-9-11(2)10-12-11/h3-4H,5-10H2,1-2H3/b4-3+/t11-/m0/s1. The van der Waals surface area contributed by atoms with E-state index in [2.05, 4.69) is 26.0 Å². The molecule has 70 valence electrons. The van der Waals surface area contributed by atoms with Crippen LogP contribution in [-0.4, -0.2) is 12.2 Å². The van der Waals surface area contributed by atoms with Crippen LogP contribution < -0.4 is 0 Å². The van der Waals surface area contributed by atoms with Gasteiger partial charge in [-0.3, -0.25) is 0 Å². The van der Waals surface area contributed by atoms with Gasteiger partial charge >= 0.3 is 0 Å². The van der Waals surface area contributed by atoms with Crippen LogP contribution in [0.25, 0.3) is 0 Å². The Hall–Kier alpha value is -0.300. The Kier molecular flexibility index (Phi) is 3.80. The van der Waals surface area contributed by atoms with Crippen molar-refractivity contribution < 1.29 is 4.74 Å². The highest BCUT2D eigenvalue weighted by atomic mass is 16.6. The molecule has 0 N–H and O–H groups in total. The summed E-state index contributed by atoms with van der Waals surface area (Å²) < 4.78 is 5.31. The lowest BCUT2D eigenvalue weighted by Gasteiger charge is -2.02. The first-order valence-electron chi connectivity index (χ1n) is 5.02. The molecule has 1 aliphatic rings. The summed E-state index contributed by atoms with van der Waals surface area (Å²) >= 11 is 0. The third kappa shape index (κ3) is 3.91. The van der Waals surface area contributed by atoms with Gasteiger partial charge in [-0.15, -0.1) is 0 Å². The van der Waals surface area contributed by atoms with Crippen LogP contribution in [0.5, 0.6) is 0 Å². The lowest BCUT2D eigenvalue weighted by atomic mass is 10.0. The SMILES string of the molecule is C/C=C/CCCCC[C@@]1(C)CO1. The van der Waals surface area contributed by atoms with E-state index in [9.17, 15) is 0 Å². The van der Waals surface area contributed by atoms with Crippen LogP contribution in [0.3, 0.4) is 0 Å². The van der Waals surface area contributed by atoms with Gasteiger partial charge in [-0.05, 0) is 33.1 Å². The van der Waals surface area contributed by atoms with Gasteiger partial charge in [-0.1, -0.05) is 25.0 Å². The molecular formula is C11H20O. The van der Waals surface area contributed by atoms with E-state index in [4.69, 9.17) is 4.74 Å². The number of unbranched alkanes of at least 4 members (excludes halogenated alkanes) is 3. The van der Waals surface area contributed by atoms with Crippen LogP contribution in [-0.2, 0) is 4.74 Å². The summed E-state index contributed by atoms with van der Waals surface area (Å²) in [6.45, 7) is 5.28. The van der Waals surface area contributed by atoms with E-state index < -0.39 is 0 Å². The van der Waals surface area contributed by atoms with Crippen LogP contribution in [0.15, 0.2) is 12.2 Å². The molecule has 1 nitrogen and oxygen atoms in total. The molecule has 0 aromatic carbocycles. The van der Waals surface area contributed by atoms with Gasteiger partial charge in [0.15, 0.2) is 0 Å². The molecule has 1 aliphatic heterocycles. The molecule has 0 spiro atoms. The molecule has 0 aliphatic carbocycles. The maximum absolute atomic E-state index is 5.31. The molecule has 0 unspecified atom stereocenters. The molecular weight excluding hydrogens is 148 g/mol. The second-order valence-corrected chi connectivity index (χ2v) is 3.91. The van der Waals surface area contributed by atoms with Crippen LogP contribution >= 0.6 is 0 Å². The van der Waals surface area contributed by atoms with Crippen LogP contribution in [0.4, 0.5) is 0 Å². The summed E-state index contributed by atoms with van der Waals surface area (Å²) in [5.74, 6) is 0. The first-order chi connectivity index (χ1) is 5.77. The quantitative estimate of drug-likeness (QED) is 0.337. The smallest absolute Gasteiger partial charge is 0.0888 e. The molecule has 0 bridgehead atoms. The first-order valence-corrected chi connectivity index (χ1v) is 5.02. The average Bonchev–Trinajstić information content (AvgIpc) is 2.77. The number of rotatable bonds is 6. The predicted molar refractivity (Wildman–Crippen MR) is 52.3 cm³/mol. The van der Waals surface area contributed by atoms with Gasteiger partial charge < -0.3 is 4.74 Å². The van der Waals surface area contributed by atoms with Crippen molar-refractivity contribution in [3.63, 3.8) is 0 Å². The van der Waals surface area contributed by atoms with E-state index in [1.807, 2.05) is 0 Å². The molecule has 1 fully saturated rings. The summed E-state index contributed by atoms with van der Waals surface area (Å²) in [6, 6.07) is 0. The molecule has 0 saturated carbocycles. The van der Waals surface area contributed by atoms with Gasteiger partial charge in [-0.25, -0.2) is 0 Å². The molecule has 0 amide bonds. The topological polar surface area (TPSA) is 12.5 Å². The van der Waals surface area contributed by atoms with Gasteiger partial charge in [0.05, 0.1) is 12.2 Å². The number of ether oxygens (including phenoxy) is 1. The minimum absolute atomic E-state index is 0.278. The van der Waals surface area contributed by atoms with Gasteiger partial charge in [0.25, 0.3) is 0 Å². The van der Waals surface area contributed by atoms with Crippen molar-refractivity contribution in [1.82, 2.24) is 0 Å². The maximum atomic E-state index is 5.31. The second kappa shape index (κ2) is 4.66. The zero-order valence-electron chi connectivity index (χ0n) is 8.31. The monoisotopic (exact) mass is 168 g/mol. The molecule has 12 heavy (non-hydrogen) atoms. The Balaban J connectivity index is 1.83. The normalized spacial score (nSPS) is 28.2. The maximum Gasteiger partial charge on any atom is 0.0888 e. The average molecular weight is 168 g/mol. The van der Waals surface area contributed by atoms with Crippen molar-refractivity contribution in [2.45, 2.75) is 51.6 Å². The Morgan fingerprint density at radius 3 is 2.67 bits per heavy atom. The van der Waals surface area contributed by atoms with Gasteiger partial charge in [0.2, 0.25) is 0 Å². The Morgan fingerprint density at radius 2 is 2.08 bits per heavy atom. The minimum Gasteiger partial charge on any atom is -0.370 e. The molecule has 1 heteroatoms. The van der Waals surface area contributed by atoms with Crippen molar-refractivity contribution in [3.8, 4) is 0 Å². The van der Waals surface area contributed by atoms with Crippen molar-refractivity contribution in [2.75, 3.05) is 6.61 Å². The first kappa shape index (κ1) is 9.79. The third-order valence-electron chi connectivity index (χ3n) is 2.45. The largest absolute Gasteiger partial charge is 0.370 e. The van der Waals surface area contributed by atoms with Crippen LogP contribution in [0, 0.1) is 0 Å². The fraction of sp³-hybridized carbons (Fsp3) is 0.818. The zero-order valence-corrected chi connectivity index (χ0v) is 8.31. The molecule has 1 rings (SSSR count). The second-order valence-electron chi connectivity index (χ2n) is 3.91. The Bertz CT molecular complexity index is 145. The number of hydrogen-bond donors (Lipinski definition) is 0. The van der Waals surface area contributed by atoms with Crippen LogP contribution in [0.2, 0.25) is 0 Å². The zero-order chi connectivity index (χ0) is 8.86. The lowest BCUT2D eigenvalue weighted by molar-refractivity contribution is 0.301. The van der Waals surface area contributed by atoms with Crippen molar-refractivity contribution in [1.29, 1.82) is 0 Å². The van der Waals surface area contributed by atoms with Gasteiger partial charge in [-0.2, -0.15) is 0 Å². The number of allylic oxidation sites excluding steroid dienone is 2. The number of epoxide rings is 1. The lowest BCUT2D eigenvalue weighted by Crippen LogP contribution is -2.02.